The van der Waals surface area contributed by atoms with Crippen LogP contribution >= 0.6 is 0 Å². The molecule has 0 bridgehead atoms. The van der Waals surface area contributed by atoms with Gasteiger partial charge in [0.05, 0.1) is 11.1 Å². The Labute approximate surface area is 182 Å². The second-order valence-electron chi connectivity index (χ2n) is 8.36. The van der Waals surface area contributed by atoms with Crippen molar-refractivity contribution >= 4 is 5.78 Å². The minimum absolute atomic E-state index is 0.0219. The molecule has 32 heavy (non-hydrogen) atoms. The van der Waals surface area contributed by atoms with Crippen LogP contribution in [0.15, 0.2) is 47.4 Å². The van der Waals surface area contributed by atoms with E-state index in [1.807, 2.05) is 19.9 Å². The van der Waals surface area contributed by atoms with Gasteiger partial charge in [0.2, 0.25) is 5.56 Å². The van der Waals surface area contributed by atoms with Crippen LogP contribution in [0.4, 0.5) is 8.78 Å². The van der Waals surface area contributed by atoms with Crippen molar-refractivity contribution in [2.45, 2.75) is 44.8 Å². The molecule has 0 spiro atoms. The summed E-state index contributed by atoms with van der Waals surface area (Å²) in [4.78, 5) is 32.0. The molecule has 0 amide bonds. The molecule has 6 nitrogen and oxygen atoms in total. The monoisotopic (exact) mass is 438 g/mol. The normalized spacial score (nSPS) is 17.2. The number of aromatic amines is 1. The lowest BCUT2D eigenvalue weighted by Gasteiger charge is -2.16. The van der Waals surface area contributed by atoms with Crippen molar-refractivity contribution in [3.63, 3.8) is 0 Å². The minimum Gasteiger partial charge on any atom is -0.395 e. The fourth-order valence-electron chi connectivity index (χ4n) is 4.17. The second-order valence-corrected chi connectivity index (χ2v) is 8.36. The Morgan fingerprint density at radius 2 is 1.84 bits per heavy atom. The summed E-state index contributed by atoms with van der Waals surface area (Å²) in [6, 6.07) is 9.56. The van der Waals surface area contributed by atoms with Crippen LogP contribution in [0.5, 0.6) is 11.5 Å². The summed E-state index contributed by atoms with van der Waals surface area (Å²) >= 11 is 0. The highest BCUT2D eigenvalue weighted by Gasteiger charge is 2.52. The third kappa shape index (κ3) is 3.45. The topological polar surface area (TPSA) is 81.3 Å². The van der Waals surface area contributed by atoms with Gasteiger partial charge < -0.3 is 14.5 Å². The maximum atomic E-state index is 13.4. The second kappa shape index (κ2) is 6.98. The van der Waals surface area contributed by atoms with E-state index in [0.29, 0.717) is 29.8 Å². The van der Waals surface area contributed by atoms with Gasteiger partial charge in [0, 0.05) is 29.9 Å². The van der Waals surface area contributed by atoms with Crippen LogP contribution in [0, 0.1) is 13.8 Å². The van der Waals surface area contributed by atoms with Gasteiger partial charge in [-0.25, -0.2) is 0 Å². The molecular formula is C24H20F2N2O4. The van der Waals surface area contributed by atoms with Crippen LogP contribution in [0.1, 0.15) is 35.2 Å². The predicted octanol–water partition coefficient (Wildman–Crippen LogP) is 4.22. The largest absolute Gasteiger partial charge is 0.586 e. The van der Waals surface area contributed by atoms with Gasteiger partial charge in [0.15, 0.2) is 11.5 Å². The number of Topliss-reactive ketones (excluding diaryl/α,β-unsaturated/α-hetero) is 1. The highest BCUT2D eigenvalue weighted by atomic mass is 19.3. The molecule has 3 aromatic rings. The smallest absolute Gasteiger partial charge is 0.395 e. The number of aromatic nitrogens is 2. The highest BCUT2D eigenvalue weighted by Crippen LogP contribution is 2.52. The van der Waals surface area contributed by atoms with Crippen molar-refractivity contribution in [1.29, 1.82) is 0 Å². The molecule has 164 valence electrons. The number of ketones is 1. The van der Waals surface area contributed by atoms with Crippen LogP contribution in [-0.2, 0) is 16.6 Å². The Bertz CT molecular complexity index is 1290. The van der Waals surface area contributed by atoms with Crippen LogP contribution in [0.3, 0.4) is 0 Å². The van der Waals surface area contributed by atoms with Gasteiger partial charge in [-0.1, -0.05) is 6.07 Å². The molecule has 2 aromatic heterocycles. The molecule has 8 heteroatoms. The van der Waals surface area contributed by atoms with Crippen molar-refractivity contribution in [3.8, 4) is 22.8 Å². The first kappa shape index (κ1) is 20.4. The van der Waals surface area contributed by atoms with E-state index in [9.17, 15) is 18.4 Å². The molecule has 5 rings (SSSR count). The van der Waals surface area contributed by atoms with E-state index < -0.39 is 11.7 Å². The van der Waals surface area contributed by atoms with Crippen LogP contribution in [0.2, 0.25) is 0 Å². The zero-order valence-corrected chi connectivity index (χ0v) is 17.5. The van der Waals surface area contributed by atoms with E-state index in [0.717, 1.165) is 16.7 Å². The molecule has 1 saturated carbocycles. The molecule has 3 heterocycles. The summed E-state index contributed by atoms with van der Waals surface area (Å²) in [7, 11) is 0. The number of pyridine rings is 2. The Morgan fingerprint density at radius 1 is 1.09 bits per heavy atom. The first-order valence-electron chi connectivity index (χ1n) is 10.3. The summed E-state index contributed by atoms with van der Waals surface area (Å²) in [5, 5.41) is 0. The van der Waals surface area contributed by atoms with Gasteiger partial charge in [-0.15, -0.1) is 8.78 Å². The lowest BCUT2D eigenvalue weighted by molar-refractivity contribution is -0.286. The Hall–Kier alpha value is -3.55. The minimum atomic E-state index is -3.69. The first-order chi connectivity index (χ1) is 15.2. The Balaban J connectivity index is 1.43. The molecule has 0 atom stereocenters. The van der Waals surface area contributed by atoms with Crippen molar-refractivity contribution < 1.29 is 23.0 Å². The lowest BCUT2D eigenvalue weighted by Crippen LogP contribution is -2.26. The van der Waals surface area contributed by atoms with E-state index in [4.69, 9.17) is 4.98 Å². The zero-order valence-electron chi connectivity index (χ0n) is 17.5. The SMILES string of the molecule is Cc1cc(CC(=O)C2(c3ccc4c(c3)OC(F)(F)O4)CC2)nc(-c2ccc(=O)[nH]c2)c1C. The molecule has 0 unspecified atom stereocenters. The number of aryl methyl sites for hydroxylation is 1. The Kier molecular flexibility index (Phi) is 4.44. The number of benzene rings is 1. The van der Waals surface area contributed by atoms with Gasteiger partial charge >= 0.3 is 6.29 Å². The van der Waals surface area contributed by atoms with E-state index in [-0.39, 0.29) is 29.3 Å². The molecule has 2 aliphatic rings. The van der Waals surface area contributed by atoms with E-state index >= 15 is 0 Å². The quantitative estimate of drug-likeness (QED) is 0.645. The van der Waals surface area contributed by atoms with E-state index in [2.05, 4.69) is 14.5 Å². The zero-order chi connectivity index (χ0) is 22.7. The number of carbonyl (C=O) groups is 1. The molecular weight excluding hydrogens is 418 g/mol. The fraction of sp³-hybridized carbons (Fsp3) is 0.292. The molecule has 0 saturated heterocycles. The van der Waals surface area contributed by atoms with Gasteiger partial charge in [-0.05, 0) is 67.6 Å². The standard InChI is InChI=1S/C24H20F2N2O4/c1-13-9-17(28-22(14(13)2)15-3-6-21(30)27-12-15)11-20(29)23(7-8-23)16-4-5-18-19(10-16)32-24(25,26)31-18/h3-6,9-10,12H,7-8,11H2,1-2H3,(H,27,30). The number of hydrogen-bond donors (Lipinski definition) is 1. The third-order valence-corrected chi connectivity index (χ3v) is 6.22. The van der Waals surface area contributed by atoms with Crippen molar-refractivity contribution in [2.24, 2.45) is 0 Å². The summed E-state index contributed by atoms with van der Waals surface area (Å²) < 4.78 is 35.7. The highest BCUT2D eigenvalue weighted by molar-refractivity contribution is 5.94. The fourth-order valence-corrected chi connectivity index (χ4v) is 4.17. The number of H-pyrrole nitrogens is 1. The van der Waals surface area contributed by atoms with Crippen LogP contribution < -0.4 is 15.0 Å². The maximum absolute atomic E-state index is 13.4. The number of nitrogens with one attached hydrogen (secondary N) is 1. The Morgan fingerprint density at radius 3 is 2.53 bits per heavy atom. The lowest BCUT2D eigenvalue weighted by atomic mass is 9.88. The molecule has 1 fully saturated rings. The number of alkyl halides is 2. The molecule has 1 N–H and O–H groups in total. The first-order valence-corrected chi connectivity index (χ1v) is 10.3. The van der Waals surface area contributed by atoms with Gasteiger partial charge in [-0.2, -0.15) is 0 Å². The third-order valence-electron chi connectivity index (χ3n) is 6.22. The molecule has 1 aliphatic carbocycles. The average Bonchev–Trinajstić information content (AvgIpc) is 3.48. The van der Waals surface area contributed by atoms with Crippen molar-refractivity contribution in [1.82, 2.24) is 9.97 Å². The number of nitrogens with zero attached hydrogens (tertiary/aromatic N) is 1. The number of ether oxygens (including phenoxy) is 2. The molecule has 0 radical (unpaired) electrons. The van der Waals surface area contributed by atoms with Crippen molar-refractivity contribution in [2.75, 3.05) is 0 Å². The van der Waals surface area contributed by atoms with Gasteiger partial charge in [-0.3, -0.25) is 14.6 Å². The van der Waals surface area contributed by atoms with Gasteiger partial charge in [0.25, 0.3) is 0 Å². The van der Waals surface area contributed by atoms with Crippen LogP contribution in [-0.4, -0.2) is 22.0 Å². The van der Waals surface area contributed by atoms with E-state index in [1.54, 1.807) is 18.3 Å². The van der Waals surface area contributed by atoms with E-state index in [1.165, 1.54) is 18.2 Å². The number of carbonyl (C=O) groups excluding carboxylic acids is 1. The summed E-state index contributed by atoms with van der Waals surface area (Å²) in [5.41, 5.74) is 3.76. The number of rotatable bonds is 5. The average molecular weight is 438 g/mol. The van der Waals surface area contributed by atoms with Crippen molar-refractivity contribution in [3.05, 3.63) is 75.3 Å². The summed E-state index contributed by atoms with van der Waals surface area (Å²) in [6.07, 6.45) is -0.697. The maximum Gasteiger partial charge on any atom is 0.586 e. The molecule has 1 aromatic carbocycles. The van der Waals surface area contributed by atoms with Gasteiger partial charge in [0.1, 0.15) is 5.78 Å². The van der Waals surface area contributed by atoms with Crippen LogP contribution in [0.25, 0.3) is 11.3 Å². The predicted molar refractivity (Wildman–Crippen MR) is 112 cm³/mol. The molecule has 1 aliphatic heterocycles. The number of fused-ring (bicyclic) bond motifs is 1. The number of halogens is 2. The summed E-state index contributed by atoms with van der Waals surface area (Å²) in [6.45, 7) is 3.89. The number of hydrogen-bond acceptors (Lipinski definition) is 5. The summed E-state index contributed by atoms with van der Waals surface area (Å²) in [5.74, 6) is -0.120.